The Bertz CT molecular complexity index is 816. The highest BCUT2D eigenvalue weighted by molar-refractivity contribution is 5.99. The Morgan fingerprint density at radius 2 is 1.96 bits per heavy atom. The normalized spacial score (nSPS) is 15.0. The Hall–Kier alpha value is -3.07. The van der Waals surface area contributed by atoms with Crippen LogP contribution in [0.1, 0.15) is 18.3 Å². The first-order valence-corrected chi connectivity index (χ1v) is 8.26. The van der Waals surface area contributed by atoms with Crippen LogP contribution in [0, 0.1) is 17.0 Å². The fourth-order valence-electron chi connectivity index (χ4n) is 2.59. The zero-order valence-corrected chi connectivity index (χ0v) is 14.7. The average molecular weight is 356 g/mol. The first-order chi connectivity index (χ1) is 12.5. The number of nitrogens with zero attached hydrogens (tertiary/aromatic N) is 5. The van der Waals surface area contributed by atoms with Crippen LogP contribution < -0.4 is 10.3 Å². The van der Waals surface area contributed by atoms with Crippen LogP contribution >= 0.6 is 0 Å². The van der Waals surface area contributed by atoms with Crippen molar-refractivity contribution in [2.75, 3.05) is 36.6 Å². The maximum Gasteiger partial charge on any atom is 0.269 e. The molecule has 0 radical (unpaired) electrons. The predicted molar refractivity (Wildman–Crippen MR) is 98.7 cm³/mol. The summed E-state index contributed by atoms with van der Waals surface area (Å²) in [6.07, 6.45) is 0. The molecule has 1 N–H and O–H groups in total. The summed E-state index contributed by atoms with van der Waals surface area (Å²) in [4.78, 5) is 21.3. The number of nitro groups is 1. The zero-order valence-electron chi connectivity index (χ0n) is 14.7. The third-order valence-electron chi connectivity index (χ3n) is 3.99. The van der Waals surface area contributed by atoms with Gasteiger partial charge in [0.2, 0.25) is 0 Å². The summed E-state index contributed by atoms with van der Waals surface area (Å²) in [5, 5.41) is 15.1. The molecule has 136 valence electrons. The van der Waals surface area contributed by atoms with Gasteiger partial charge in [-0.2, -0.15) is 5.10 Å². The maximum absolute atomic E-state index is 10.7. The molecule has 2 aromatic rings. The van der Waals surface area contributed by atoms with E-state index >= 15 is 0 Å². The molecular weight excluding hydrogens is 336 g/mol. The van der Waals surface area contributed by atoms with Crippen LogP contribution in [0.2, 0.25) is 0 Å². The van der Waals surface area contributed by atoms with Crippen molar-refractivity contribution >= 4 is 23.0 Å². The van der Waals surface area contributed by atoms with E-state index in [1.807, 2.05) is 19.9 Å². The SMILES string of the molecule is C/C(=N/Nc1cc(N2CCOCC2)nc(C)n1)c1ccc([N+](=O)[O-])cc1. The van der Waals surface area contributed by atoms with Gasteiger partial charge in [0.1, 0.15) is 11.6 Å². The molecule has 0 atom stereocenters. The Kier molecular flexibility index (Phi) is 5.37. The molecule has 9 heteroatoms. The summed E-state index contributed by atoms with van der Waals surface area (Å²) in [5.41, 5.74) is 4.49. The Labute approximate surface area is 150 Å². The van der Waals surface area contributed by atoms with Crippen LogP contribution in [-0.2, 0) is 4.74 Å². The number of nitrogens with one attached hydrogen (secondary N) is 1. The molecule has 3 rings (SSSR count). The Morgan fingerprint density at radius 3 is 2.62 bits per heavy atom. The van der Waals surface area contributed by atoms with E-state index in [0.717, 1.165) is 24.5 Å². The van der Waals surface area contributed by atoms with Crippen molar-refractivity contribution in [2.45, 2.75) is 13.8 Å². The van der Waals surface area contributed by atoms with Gasteiger partial charge in [0.05, 0.1) is 23.8 Å². The second-order valence-electron chi connectivity index (χ2n) is 5.87. The van der Waals surface area contributed by atoms with Gasteiger partial charge in [0, 0.05) is 31.3 Å². The van der Waals surface area contributed by atoms with Gasteiger partial charge in [-0.25, -0.2) is 9.97 Å². The number of aromatic nitrogens is 2. The lowest BCUT2D eigenvalue weighted by Crippen LogP contribution is -2.36. The number of non-ortho nitro benzene ring substituents is 1. The number of rotatable bonds is 5. The van der Waals surface area contributed by atoms with Crippen molar-refractivity contribution in [3.8, 4) is 0 Å². The van der Waals surface area contributed by atoms with Crippen LogP contribution in [0.25, 0.3) is 0 Å². The summed E-state index contributed by atoms with van der Waals surface area (Å²) >= 11 is 0. The number of anilines is 2. The van der Waals surface area contributed by atoms with E-state index in [1.54, 1.807) is 12.1 Å². The molecule has 2 heterocycles. The second kappa shape index (κ2) is 7.87. The van der Waals surface area contributed by atoms with Crippen molar-refractivity contribution in [3.05, 3.63) is 51.8 Å². The number of hydrazone groups is 1. The van der Waals surface area contributed by atoms with E-state index in [2.05, 4.69) is 25.4 Å². The lowest BCUT2D eigenvalue weighted by Gasteiger charge is -2.28. The van der Waals surface area contributed by atoms with Crippen LogP contribution in [0.3, 0.4) is 0 Å². The van der Waals surface area contributed by atoms with Crippen LogP contribution in [0.4, 0.5) is 17.3 Å². The molecule has 1 aromatic heterocycles. The Morgan fingerprint density at radius 1 is 1.27 bits per heavy atom. The number of nitro benzene ring substituents is 1. The largest absolute Gasteiger partial charge is 0.378 e. The molecule has 0 bridgehead atoms. The summed E-state index contributed by atoms with van der Waals surface area (Å²) in [5.74, 6) is 2.09. The van der Waals surface area contributed by atoms with Gasteiger partial charge < -0.3 is 9.64 Å². The van der Waals surface area contributed by atoms with Gasteiger partial charge in [0.15, 0.2) is 5.82 Å². The third-order valence-corrected chi connectivity index (χ3v) is 3.99. The summed E-state index contributed by atoms with van der Waals surface area (Å²) in [6, 6.07) is 8.11. The fraction of sp³-hybridized carbons (Fsp3) is 0.353. The van der Waals surface area contributed by atoms with Crippen LogP contribution in [0.5, 0.6) is 0 Å². The molecule has 0 saturated carbocycles. The van der Waals surface area contributed by atoms with Crippen molar-refractivity contribution in [3.63, 3.8) is 0 Å². The molecule has 1 aliphatic rings. The van der Waals surface area contributed by atoms with Gasteiger partial charge in [-0.1, -0.05) is 0 Å². The van der Waals surface area contributed by atoms with Crippen molar-refractivity contribution < 1.29 is 9.66 Å². The number of benzene rings is 1. The molecule has 1 saturated heterocycles. The summed E-state index contributed by atoms with van der Waals surface area (Å²) in [7, 11) is 0. The van der Waals surface area contributed by atoms with Crippen LogP contribution in [0.15, 0.2) is 35.4 Å². The van der Waals surface area contributed by atoms with Crippen molar-refractivity contribution in [1.29, 1.82) is 0 Å². The third kappa shape index (κ3) is 4.31. The molecule has 26 heavy (non-hydrogen) atoms. The smallest absolute Gasteiger partial charge is 0.269 e. The molecule has 0 amide bonds. The first kappa shape index (κ1) is 17.7. The standard InChI is InChI=1S/C17H20N6O3/c1-12(14-3-5-15(6-4-14)23(24)25)20-21-16-11-17(19-13(2)18-16)22-7-9-26-10-8-22/h3-6,11H,7-10H2,1-2H3,(H,18,19,21)/b20-12-. The molecule has 0 spiro atoms. The fourth-order valence-corrected chi connectivity index (χ4v) is 2.59. The molecule has 1 aliphatic heterocycles. The van der Waals surface area contributed by atoms with Gasteiger partial charge in [-0.3, -0.25) is 15.5 Å². The van der Waals surface area contributed by atoms with E-state index in [9.17, 15) is 10.1 Å². The lowest BCUT2D eigenvalue weighted by atomic mass is 10.1. The molecule has 1 fully saturated rings. The van der Waals surface area contributed by atoms with E-state index in [0.29, 0.717) is 30.6 Å². The van der Waals surface area contributed by atoms with Gasteiger partial charge in [0.25, 0.3) is 5.69 Å². The van der Waals surface area contributed by atoms with Crippen molar-refractivity contribution in [2.24, 2.45) is 5.10 Å². The summed E-state index contributed by atoms with van der Waals surface area (Å²) < 4.78 is 5.37. The molecule has 0 aliphatic carbocycles. The predicted octanol–water partition coefficient (Wildman–Crippen LogP) is 2.37. The minimum Gasteiger partial charge on any atom is -0.378 e. The number of hydrogen-bond acceptors (Lipinski definition) is 8. The number of hydrogen-bond donors (Lipinski definition) is 1. The van der Waals surface area contributed by atoms with Gasteiger partial charge >= 0.3 is 0 Å². The average Bonchev–Trinajstić information content (AvgIpc) is 2.66. The Balaban J connectivity index is 1.74. The lowest BCUT2D eigenvalue weighted by molar-refractivity contribution is -0.384. The maximum atomic E-state index is 10.7. The molecule has 1 aromatic carbocycles. The number of morpholine rings is 1. The van der Waals surface area contributed by atoms with E-state index < -0.39 is 4.92 Å². The second-order valence-corrected chi connectivity index (χ2v) is 5.87. The van der Waals surface area contributed by atoms with Gasteiger partial charge in [-0.05, 0) is 31.5 Å². The highest BCUT2D eigenvalue weighted by Gasteiger charge is 2.14. The van der Waals surface area contributed by atoms with Crippen LogP contribution in [-0.4, -0.2) is 46.9 Å². The molecule has 9 nitrogen and oxygen atoms in total. The minimum atomic E-state index is -0.425. The summed E-state index contributed by atoms with van der Waals surface area (Å²) in [6.45, 7) is 6.61. The highest BCUT2D eigenvalue weighted by atomic mass is 16.6. The van der Waals surface area contributed by atoms with E-state index in [-0.39, 0.29) is 5.69 Å². The van der Waals surface area contributed by atoms with Gasteiger partial charge in [-0.15, -0.1) is 0 Å². The monoisotopic (exact) mass is 356 g/mol. The van der Waals surface area contributed by atoms with E-state index in [1.165, 1.54) is 12.1 Å². The van der Waals surface area contributed by atoms with E-state index in [4.69, 9.17) is 4.74 Å². The molecule has 0 unspecified atom stereocenters. The molecular formula is C17H20N6O3. The number of aryl methyl sites for hydroxylation is 1. The quantitative estimate of drug-likeness (QED) is 0.498. The first-order valence-electron chi connectivity index (χ1n) is 8.26. The highest BCUT2D eigenvalue weighted by Crippen LogP contribution is 2.18. The zero-order chi connectivity index (χ0) is 18.5. The topological polar surface area (TPSA) is 106 Å². The van der Waals surface area contributed by atoms with Crippen molar-refractivity contribution in [1.82, 2.24) is 9.97 Å². The minimum absolute atomic E-state index is 0.0519. The number of ether oxygens (including phenoxy) is 1.